The normalized spacial score (nSPS) is 19.2. The van der Waals surface area contributed by atoms with Crippen LogP contribution in [0.2, 0.25) is 0 Å². The Morgan fingerprint density at radius 3 is 2.52 bits per heavy atom. The summed E-state index contributed by atoms with van der Waals surface area (Å²) in [4.78, 5) is 25.8. The third kappa shape index (κ3) is 8.06. The summed E-state index contributed by atoms with van der Waals surface area (Å²) in [6.07, 6.45) is 12.0. The van der Waals surface area contributed by atoms with Gasteiger partial charge in [-0.25, -0.2) is 4.79 Å². The Labute approximate surface area is 241 Å². The van der Waals surface area contributed by atoms with E-state index in [1.54, 1.807) is 18.5 Å². The molecule has 3 aliphatic rings. The van der Waals surface area contributed by atoms with Crippen LogP contribution in [0.25, 0.3) is 0 Å². The van der Waals surface area contributed by atoms with Crippen LogP contribution < -0.4 is 0 Å². The largest absolute Gasteiger partial charge is 0.444 e. The van der Waals surface area contributed by atoms with Gasteiger partial charge in [0.2, 0.25) is 0 Å². The van der Waals surface area contributed by atoms with Crippen LogP contribution in [0.3, 0.4) is 0 Å². The summed E-state index contributed by atoms with van der Waals surface area (Å²) >= 11 is 0. The number of aromatic nitrogens is 1. The molecular formula is C33H47N5O2. The number of nitrogens with zero attached hydrogens (tertiary/aromatic N) is 5. The molecular weight excluding hydrogens is 498 g/mol. The highest BCUT2D eigenvalue weighted by atomic mass is 16.6. The lowest BCUT2D eigenvalue weighted by atomic mass is 9.94. The molecule has 3 fully saturated rings. The van der Waals surface area contributed by atoms with Gasteiger partial charge in [0.25, 0.3) is 0 Å². The number of aliphatic imine (C=N–C) groups is 1. The fraction of sp³-hybridized carbons (Fsp3) is 0.576. The Hall–Kier alpha value is -3.40. The molecule has 1 amide bonds. The SMILES string of the molecule is C=CN=C(C)C(/C(=C\C)C1CC1)=C(\C)N1CCN(C(=O)OC(C)(C)C)C2(CC2)C1.CCCc1cc(C#N)ccn1. The molecule has 216 valence electrons. The number of carbonyl (C=O) groups excluding carboxylic acids is 1. The number of allylic oxidation sites excluding steroid dienone is 4. The van der Waals surface area contributed by atoms with Gasteiger partial charge in [-0.2, -0.15) is 5.26 Å². The van der Waals surface area contributed by atoms with E-state index < -0.39 is 5.60 Å². The molecule has 0 atom stereocenters. The van der Waals surface area contributed by atoms with Crippen LogP contribution in [0.5, 0.6) is 0 Å². The Morgan fingerprint density at radius 1 is 1.30 bits per heavy atom. The molecule has 2 saturated carbocycles. The quantitative estimate of drug-likeness (QED) is 0.267. The van der Waals surface area contributed by atoms with E-state index in [4.69, 9.17) is 10.00 Å². The summed E-state index contributed by atoms with van der Waals surface area (Å²) < 4.78 is 5.68. The first-order valence-electron chi connectivity index (χ1n) is 14.6. The van der Waals surface area contributed by atoms with Crippen molar-refractivity contribution in [2.75, 3.05) is 19.6 Å². The van der Waals surface area contributed by atoms with Crippen molar-refractivity contribution in [3.05, 3.63) is 65.3 Å². The molecule has 40 heavy (non-hydrogen) atoms. The van der Waals surface area contributed by atoms with Crippen molar-refractivity contribution in [1.82, 2.24) is 14.8 Å². The van der Waals surface area contributed by atoms with Crippen molar-refractivity contribution in [2.24, 2.45) is 10.9 Å². The molecule has 0 N–H and O–H groups in total. The second-order valence-electron chi connectivity index (χ2n) is 12.1. The van der Waals surface area contributed by atoms with Gasteiger partial charge >= 0.3 is 6.09 Å². The van der Waals surface area contributed by atoms with Crippen LogP contribution in [-0.4, -0.2) is 57.4 Å². The topological polar surface area (TPSA) is 81.8 Å². The molecule has 2 aliphatic carbocycles. The second kappa shape index (κ2) is 13.3. The van der Waals surface area contributed by atoms with Crippen molar-refractivity contribution in [3.63, 3.8) is 0 Å². The molecule has 7 heteroatoms. The average Bonchev–Trinajstić information content (AvgIpc) is 3.84. The summed E-state index contributed by atoms with van der Waals surface area (Å²) in [6, 6.07) is 5.64. The van der Waals surface area contributed by atoms with Crippen molar-refractivity contribution < 1.29 is 9.53 Å². The van der Waals surface area contributed by atoms with E-state index >= 15 is 0 Å². The summed E-state index contributed by atoms with van der Waals surface area (Å²) in [5.74, 6) is 0.651. The number of aryl methyl sites for hydroxylation is 1. The minimum absolute atomic E-state index is 0.0773. The highest BCUT2D eigenvalue weighted by Gasteiger charge is 2.54. The van der Waals surface area contributed by atoms with Crippen molar-refractivity contribution in [1.29, 1.82) is 5.26 Å². The number of rotatable bonds is 7. The molecule has 2 heterocycles. The highest BCUT2D eigenvalue weighted by Crippen LogP contribution is 2.47. The number of pyridine rings is 1. The van der Waals surface area contributed by atoms with E-state index in [-0.39, 0.29) is 11.6 Å². The van der Waals surface area contributed by atoms with Gasteiger partial charge in [0.1, 0.15) is 5.60 Å². The second-order valence-corrected chi connectivity index (χ2v) is 12.1. The van der Waals surface area contributed by atoms with Crippen LogP contribution in [0.1, 0.15) is 91.8 Å². The number of piperazine rings is 1. The highest BCUT2D eigenvalue weighted by molar-refractivity contribution is 6.03. The van der Waals surface area contributed by atoms with E-state index in [0.29, 0.717) is 18.0 Å². The van der Waals surface area contributed by atoms with Crippen molar-refractivity contribution in [2.45, 2.75) is 98.1 Å². The molecule has 1 spiro atoms. The molecule has 1 aromatic heterocycles. The zero-order valence-electron chi connectivity index (χ0n) is 25.6. The predicted molar refractivity (Wildman–Crippen MR) is 162 cm³/mol. The van der Waals surface area contributed by atoms with E-state index in [1.165, 1.54) is 29.7 Å². The first-order valence-corrected chi connectivity index (χ1v) is 14.6. The third-order valence-corrected chi connectivity index (χ3v) is 7.64. The van der Waals surface area contributed by atoms with E-state index in [2.05, 4.69) is 61.3 Å². The molecule has 0 radical (unpaired) electrons. The van der Waals surface area contributed by atoms with Gasteiger partial charge in [0.15, 0.2) is 0 Å². The number of amides is 1. The van der Waals surface area contributed by atoms with E-state index in [1.807, 2.05) is 31.7 Å². The Balaban J connectivity index is 0.000000336. The van der Waals surface area contributed by atoms with Crippen molar-refractivity contribution >= 4 is 11.8 Å². The minimum atomic E-state index is -0.462. The number of ether oxygens (including phenoxy) is 1. The van der Waals surface area contributed by atoms with Gasteiger partial charge < -0.3 is 9.64 Å². The predicted octanol–water partition coefficient (Wildman–Crippen LogP) is 7.21. The van der Waals surface area contributed by atoms with Crippen molar-refractivity contribution in [3.8, 4) is 6.07 Å². The van der Waals surface area contributed by atoms with Gasteiger partial charge in [0, 0.05) is 54.7 Å². The average molecular weight is 546 g/mol. The zero-order chi connectivity index (χ0) is 29.5. The van der Waals surface area contributed by atoms with Crippen LogP contribution in [0.4, 0.5) is 4.79 Å². The molecule has 1 aromatic rings. The number of nitriles is 1. The zero-order valence-corrected chi connectivity index (χ0v) is 25.6. The maximum absolute atomic E-state index is 12.8. The maximum atomic E-state index is 12.8. The number of hydrogen-bond acceptors (Lipinski definition) is 6. The van der Waals surface area contributed by atoms with E-state index in [9.17, 15) is 4.79 Å². The van der Waals surface area contributed by atoms with Crippen LogP contribution >= 0.6 is 0 Å². The smallest absolute Gasteiger partial charge is 0.410 e. The van der Waals surface area contributed by atoms with Gasteiger partial charge in [-0.15, -0.1) is 0 Å². The van der Waals surface area contributed by atoms with Gasteiger partial charge in [-0.1, -0.05) is 26.0 Å². The number of hydrogen-bond donors (Lipinski definition) is 0. The monoisotopic (exact) mass is 545 g/mol. The van der Waals surface area contributed by atoms with Gasteiger partial charge in [-0.05, 0) is 97.3 Å². The molecule has 7 nitrogen and oxygen atoms in total. The Bertz CT molecular complexity index is 1210. The summed E-state index contributed by atoms with van der Waals surface area (Å²) in [5.41, 5.74) is 6.12. The molecule has 0 bridgehead atoms. The lowest BCUT2D eigenvalue weighted by Crippen LogP contribution is -2.57. The first kappa shape index (κ1) is 31.1. The first-order chi connectivity index (χ1) is 19.0. The van der Waals surface area contributed by atoms with Gasteiger partial charge in [0.05, 0.1) is 17.2 Å². The fourth-order valence-corrected chi connectivity index (χ4v) is 5.40. The lowest BCUT2D eigenvalue weighted by Gasteiger charge is -2.44. The third-order valence-electron chi connectivity index (χ3n) is 7.64. The Kier molecular flexibility index (Phi) is 10.4. The minimum Gasteiger partial charge on any atom is -0.444 e. The standard InChI is InChI=1S/C24H37N3O2.C9H10N2/c1-8-20(19-10-11-19)21(17(3)25-9-2)18(4)26-14-15-27(24(16-26)12-13-24)22(28)29-23(5,6)7;1-2-3-9-6-8(7-10)4-5-11-9/h8-9,19H,2,10-16H2,1,3-7H3;4-6H,2-3H2,1H3/b20-8-,21-18-,25-17?;. The lowest BCUT2D eigenvalue weighted by molar-refractivity contribution is -0.00282. The molecule has 1 aliphatic heterocycles. The Morgan fingerprint density at radius 2 is 2.00 bits per heavy atom. The summed E-state index contributed by atoms with van der Waals surface area (Å²) in [5, 5.41) is 8.55. The molecule has 4 rings (SSSR count). The van der Waals surface area contributed by atoms with Crippen LogP contribution in [0.15, 0.2) is 59.0 Å². The maximum Gasteiger partial charge on any atom is 0.410 e. The van der Waals surface area contributed by atoms with E-state index in [0.717, 1.165) is 50.2 Å². The molecule has 0 aromatic carbocycles. The fourth-order valence-electron chi connectivity index (χ4n) is 5.40. The summed E-state index contributed by atoms with van der Waals surface area (Å²) in [6.45, 7) is 20.5. The summed E-state index contributed by atoms with van der Waals surface area (Å²) in [7, 11) is 0. The van der Waals surface area contributed by atoms with Crippen LogP contribution in [0, 0.1) is 17.2 Å². The van der Waals surface area contributed by atoms with Crippen LogP contribution in [-0.2, 0) is 11.2 Å². The number of carbonyl (C=O) groups is 1. The van der Waals surface area contributed by atoms with Gasteiger partial charge in [-0.3, -0.25) is 14.9 Å². The molecule has 0 unspecified atom stereocenters. The molecule has 1 saturated heterocycles.